The Balaban J connectivity index is 1.76. The molecule has 1 aliphatic rings. The summed E-state index contributed by atoms with van der Waals surface area (Å²) in [4.78, 5) is 7.50. The fourth-order valence-electron chi connectivity index (χ4n) is 3.61. The van der Waals surface area contributed by atoms with Crippen molar-refractivity contribution in [2.24, 2.45) is 4.99 Å². The minimum absolute atomic E-state index is 0.0844. The molecule has 0 N–H and O–H groups in total. The maximum absolute atomic E-state index is 5.31. The van der Waals surface area contributed by atoms with Gasteiger partial charge in [0.2, 0.25) is 0 Å². The molecule has 0 fully saturated rings. The number of anilines is 1. The Hall–Kier alpha value is -2.54. The molecule has 0 saturated heterocycles. The minimum atomic E-state index is -0.0844. The van der Waals surface area contributed by atoms with Gasteiger partial charge in [0.15, 0.2) is 23.0 Å². The SMILES string of the molecule is COc1ccc(C2N=C(c3ccc(OI)cc3)C(C)N2c2ccccc2)cc1. The highest BCUT2D eigenvalue weighted by atomic mass is 127. The van der Waals surface area contributed by atoms with E-state index in [1.165, 1.54) is 0 Å². The van der Waals surface area contributed by atoms with E-state index in [9.17, 15) is 0 Å². The zero-order valence-electron chi connectivity index (χ0n) is 15.7. The van der Waals surface area contributed by atoms with E-state index < -0.39 is 0 Å². The summed E-state index contributed by atoms with van der Waals surface area (Å²) in [7, 11) is 1.68. The molecule has 0 saturated carbocycles. The fourth-order valence-corrected chi connectivity index (χ4v) is 3.91. The second-order valence-electron chi connectivity index (χ2n) is 6.68. The summed E-state index contributed by atoms with van der Waals surface area (Å²) in [5, 5.41) is 0. The lowest BCUT2D eigenvalue weighted by Crippen LogP contribution is -2.35. The summed E-state index contributed by atoms with van der Waals surface area (Å²) >= 11 is 1.90. The zero-order chi connectivity index (χ0) is 19.5. The Kier molecular flexibility index (Phi) is 5.52. The number of nitrogens with zero attached hydrogens (tertiary/aromatic N) is 2. The molecular formula is C23H21IN2O2. The molecule has 28 heavy (non-hydrogen) atoms. The maximum atomic E-state index is 5.31. The van der Waals surface area contributed by atoms with Crippen LogP contribution in [0.25, 0.3) is 0 Å². The highest BCUT2D eigenvalue weighted by Crippen LogP contribution is 2.37. The van der Waals surface area contributed by atoms with Crippen molar-refractivity contribution in [2.45, 2.75) is 19.1 Å². The second kappa shape index (κ2) is 8.22. The van der Waals surface area contributed by atoms with Crippen LogP contribution in [0.1, 0.15) is 24.2 Å². The Morgan fingerprint density at radius 2 is 1.50 bits per heavy atom. The molecule has 4 nitrogen and oxygen atoms in total. The van der Waals surface area contributed by atoms with Gasteiger partial charge in [-0.15, -0.1) is 0 Å². The third kappa shape index (κ3) is 3.58. The molecule has 1 heterocycles. The van der Waals surface area contributed by atoms with Crippen molar-refractivity contribution in [1.82, 2.24) is 0 Å². The van der Waals surface area contributed by atoms with E-state index >= 15 is 0 Å². The van der Waals surface area contributed by atoms with E-state index in [0.717, 1.165) is 34.0 Å². The molecule has 142 valence electrons. The van der Waals surface area contributed by atoms with Crippen LogP contribution in [0.2, 0.25) is 0 Å². The molecule has 2 atom stereocenters. The molecule has 0 spiro atoms. The molecule has 2 unspecified atom stereocenters. The quantitative estimate of drug-likeness (QED) is 0.428. The van der Waals surface area contributed by atoms with Gasteiger partial charge in [0.25, 0.3) is 0 Å². The van der Waals surface area contributed by atoms with Crippen molar-refractivity contribution in [3.05, 3.63) is 90.0 Å². The first-order chi connectivity index (χ1) is 13.7. The third-order valence-electron chi connectivity index (χ3n) is 5.05. The van der Waals surface area contributed by atoms with Crippen molar-refractivity contribution in [1.29, 1.82) is 0 Å². The van der Waals surface area contributed by atoms with Crippen molar-refractivity contribution in [3.63, 3.8) is 0 Å². The molecule has 3 aromatic carbocycles. The molecule has 3 aromatic rings. The molecule has 4 rings (SSSR count). The summed E-state index contributed by atoms with van der Waals surface area (Å²) in [6.07, 6.45) is -0.0844. The van der Waals surface area contributed by atoms with Crippen LogP contribution in [0.15, 0.2) is 83.9 Å². The summed E-state index contributed by atoms with van der Waals surface area (Å²) in [6.45, 7) is 2.21. The van der Waals surface area contributed by atoms with Crippen LogP contribution < -0.4 is 12.7 Å². The first kappa shape index (κ1) is 18.8. The van der Waals surface area contributed by atoms with Crippen LogP contribution in [0.4, 0.5) is 5.69 Å². The summed E-state index contributed by atoms with van der Waals surface area (Å²) in [5.74, 6) is 1.68. The number of methoxy groups -OCH3 is 1. The average molecular weight is 484 g/mol. The number of hydrogen-bond acceptors (Lipinski definition) is 4. The molecule has 0 amide bonds. The van der Waals surface area contributed by atoms with Crippen molar-refractivity contribution >= 4 is 34.4 Å². The maximum Gasteiger partial charge on any atom is 0.192 e. The van der Waals surface area contributed by atoms with Crippen LogP contribution in [0.3, 0.4) is 0 Å². The number of ether oxygens (including phenoxy) is 1. The fraction of sp³-hybridized carbons (Fsp3) is 0.174. The number of hydrogen-bond donors (Lipinski definition) is 0. The Morgan fingerprint density at radius 1 is 0.857 bits per heavy atom. The van der Waals surface area contributed by atoms with E-state index in [-0.39, 0.29) is 12.2 Å². The van der Waals surface area contributed by atoms with Gasteiger partial charge in [-0.2, -0.15) is 0 Å². The average Bonchev–Trinajstić information content (AvgIpc) is 3.11. The van der Waals surface area contributed by atoms with Crippen LogP contribution in [-0.4, -0.2) is 18.9 Å². The first-order valence-corrected chi connectivity index (χ1v) is 10.0. The van der Waals surface area contributed by atoms with Crippen LogP contribution in [-0.2, 0) is 0 Å². The largest absolute Gasteiger partial charge is 0.497 e. The number of rotatable bonds is 5. The van der Waals surface area contributed by atoms with Gasteiger partial charge in [-0.05, 0) is 66.6 Å². The molecule has 0 aliphatic carbocycles. The van der Waals surface area contributed by atoms with E-state index in [2.05, 4.69) is 60.4 Å². The van der Waals surface area contributed by atoms with Gasteiger partial charge in [0.05, 0.1) is 18.9 Å². The summed E-state index contributed by atoms with van der Waals surface area (Å²) in [6, 6.07) is 26.8. The predicted molar refractivity (Wildman–Crippen MR) is 122 cm³/mol. The molecule has 0 aromatic heterocycles. The smallest absolute Gasteiger partial charge is 0.192 e. The third-order valence-corrected chi connectivity index (χ3v) is 5.55. The van der Waals surface area contributed by atoms with Crippen molar-refractivity contribution < 1.29 is 7.80 Å². The number of aliphatic imine (C=N–C) groups is 1. The Morgan fingerprint density at radius 3 is 2.11 bits per heavy atom. The van der Waals surface area contributed by atoms with Gasteiger partial charge in [-0.3, -0.25) is 4.99 Å². The van der Waals surface area contributed by atoms with Gasteiger partial charge in [0.1, 0.15) is 17.7 Å². The Labute approximate surface area is 179 Å². The Bertz CT molecular complexity index is 956. The van der Waals surface area contributed by atoms with E-state index in [4.69, 9.17) is 12.8 Å². The molecule has 1 aliphatic heterocycles. The van der Waals surface area contributed by atoms with Crippen LogP contribution >= 0.6 is 23.0 Å². The molecular weight excluding hydrogens is 463 g/mol. The number of benzene rings is 3. The molecule has 5 heteroatoms. The van der Waals surface area contributed by atoms with Gasteiger partial charge < -0.3 is 12.7 Å². The lowest BCUT2D eigenvalue weighted by Gasteiger charge is -2.30. The summed E-state index contributed by atoms with van der Waals surface area (Å²) in [5.41, 5.74) is 4.48. The topological polar surface area (TPSA) is 34.1 Å². The normalized spacial score (nSPS) is 18.7. The van der Waals surface area contributed by atoms with Gasteiger partial charge >= 0.3 is 0 Å². The van der Waals surface area contributed by atoms with Gasteiger partial charge in [0, 0.05) is 5.69 Å². The zero-order valence-corrected chi connectivity index (χ0v) is 17.9. The standard InChI is InChI=1S/C23H21IN2O2/c1-16-22(17-8-14-21(28-24)15-9-17)25-23(18-10-12-20(27-2)13-11-18)26(16)19-6-4-3-5-7-19/h3-16,23H,1-2H3. The van der Waals surface area contributed by atoms with Crippen molar-refractivity contribution in [3.8, 4) is 11.5 Å². The van der Waals surface area contributed by atoms with Crippen molar-refractivity contribution in [2.75, 3.05) is 12.0 Å². The van der Waals surface area contributed by atoms with E-state index in [0.29, 0.717) is 0 Å². The lowest BCUT2D eigenvalue weighted by molar-refractivity contribution is 0.414. The highest BCUT2D eigenvalue weighted by molar-refractivity contribution is 14.1. The predicted octanol–water partition coefficient (Wildman–Crippen LogP) is 5.82. The first-order valence-electron chi connectivity index (χ1n) is 9.15. The molecule has 0 radical (unpaired) electrons. The van der Waals surface area contributed by atoms with E-state index in [1.807, 2.05) is 53.3 Å². The molecule has 0 bridgehead atoms. The highest BCUT2D eigenvalue weighted by Gasteiger charge is 2.35. The van der Waals surface area contributed by atoms with Gasteiger partial charge in [-0.1, -0.05) is 30.3 Å². The minimum Gasteiger partial charge on any atom is -0.497 e. The number of para-hydroxylation sites is 1. The lowest BCUT2D eigenvalue weighted by atomic mass is 10.0. The van der Waals surface area contributed by atoms with E-state index in [1.54, 1.807) is 7.11 Å². The monoisotopic (exact) mass is 484 g/mol. The number of halogens is 1. The van der Waals surface area contributed by atoms with Crippen LogP contribution in [0.5, 0.6) is 11.5 Å². The van der Waals surface area contributed by atoms with Gasteiger partial charge in [-0.25, -0.2) is 0 Å². The van der Waals surface area contributed by atoms with Crippen LogP contribution in [0, 0.1) is 0 Å². The second-order valence-corrected chi connectivity index (χ2v) is 7.12. The summed E-state index contributed by atoms with van der Waals surface area (Å²) < 4.78 is 10.6.